The molecule has 0 amide bonds. The number of unbranched alkanes of at least 4 members (excludes halogenated alkanes) is 10. The Morgan fingerprint density at radius 2 is 1.17 bits per heavy atom. The summed E-state index contributed by atoms with van der Waals surface area (Å²) in [6.45, 7) is 4.30. The van der Waals surface area contributed by atoms with Crippen LogP contribution in [0.3, 0.4) is 0 Å². The Balaban J connectivity index is 0.000001000. The highest BCUT2D eigenvalue weighted by atomic mass is 16.5. The van der Waals surface area contributed by atoms with Crippen LogP contribution in [0.25, 0.3) is 0 Å². The molecule has 0 radical (unpaired) electrons. The summed E-state index contributed by atoms with van der Waals surface area (Å²) in [5.41, 5.74) is 0. The second kappa shape index (κ2) is 21.1. The first-order valence-corrected chi connectivity index (χ1v) is 12.1. The van der Waals surface area contributed by atoms with E-state index in [1.54, 1.807) is 38.5 Å². The second-order valence-electron chi connectivity index (χ2n) is 8.11. The number of methoxy groups -OCH3 is 2. The number of hydrogen-bond acceptors (Lipinski definition) is 4. The minimum atomic E-state index is -0.516. The molecule has 0 bridgehead atoms. The summed E-state index contributed by atoms with van der Waals surface area (Å²) in [5, 5.41) is 18.9. The average Bonchev–Trinajstić information content (AvgIpc) is 2.76. The molecule has 3 unspecified atom stereocenters. The van der Waals surface area contributed by atoms with E-state index in [2.05, 4.69) is 6.92 Å². The van der Waals surface area contributed by atoms with Crippen molar-refractivity contribution in [1.29, 1.82) is 0 Å². The zero-order chi connectivity index (χ0) is 22.5. The lowest BCUT2D eigenvalue weighted by Crippen LogP contribution is -2.39. The highest BCUT2D eigenvalue weighted by Crippen LogP contribution is 2.17. The van der Waals surface area contributed by atoms with E-state index in [4.69, 9.17) is 14.6 Å². The van der Waals surface area contributed by atoms with Gasteiger partial charge >= 0.3 is 0 Å². The monoisotopic (exact) mass is 424 g/mol. The summed E-state index contributed by atoms with van der Waals surface area (Å²) in [4.78, 5) is 0. The molecule has 0 spiro atoms. The third-order valence-electron chi connectivity index (χ3n) is 5.62. The van der Waals surface area contributed by atoms with E-state index < -0.39 is 6.10 Å². The third kappa shape index (κ3) is 15.7. The fourth-order valence-corrected chi connectivity index (χ4v) is 3.65. The van der Waals surface area contributed by atoms with Gasteiger partial charge in [-0.1, -0.05) is 103 Å². The first-order chi connectivity index (χ1) is 14.6. The molecule has 0 aliphatic carbocycles. The van der Waals surface area contributed by atoms with E-state index in [0.717, 1.165) is 19.3 Å². The van der Waals surface area contributed by atoms with Crippen LogP contribution in [0.5, 0.6) is 5.75 Å². The van der Waals surface area contributed by atoms with Gasteiger partial charge in [-0.25, -0.2) is 0 Å². The number of benzene rings is 1. The van der Waals surface area contributed by atoms with Gasteiger partial charge in [0, 0.05) is 14.2 Å². The molecule has 0 aromatic heterocycles. The average molecular weight is 425 g/mol. The highest BCUT2D eigenvalue weighted by molar-refractivity contribution is 5.18. The van der Waals surface area contributed by atoms with Gasteiger partial charge in [0.2, 0.25) is 0 Å². The van der Waals surface area contributed by atoms with E-state index in [-0.39, 0.29) is 12.2 Å². The lowest BCUT2D eigenvalue weighted by molar-refractivity contribution is -0.0923. The first-order valence-electron chi connectivity index (χ1n) is 12.1. The molecule has 0 aliphatic rings. The summed E-state index contributed by atoms with van der Waals surface area (Å²) >= 11 is 0. The molecule has 1 rings (SSSR count). The smallest absolute Gasteiger partial charge is 0.115 e. The molecule has 3 atom stereocenters. The van der Waals surface area contributed by atoms with Gasteiger partial charge in [0.1, 0.15) is 11.9 Å². The predicted molar refractivity (Wildman–Crippen MR) is 127 cm³/mol. The van der Waals surface area contributed by atoms with Gasteiger partial charge < -0.3 is 19.7 Å². The SMILES string of the molecule is CCCCCCCCCCCCCC(OC)C(O)C(CC)OC.Oc1ccccc1. The largest absolute Gasteiger partial charge is 0.508 e. The van der Waals surface area contributed by atoms with E-state index in [1.165, 1.54) is 64.2 Å². The topological polar surface area (TPSA) is 58.9 Å². The molecular formula is C26H48O4. The van der Waals surface area contributed by atoms with Crippen LogP contribution in [-0.4, -0.2) is 42.7 Å². The van der Waals surface area contributed by atoms with Crippen LogP contribution in [0.15, 0.2) is 30.3 Å². The molecule has 4 nitrogen and oxygen atoms in total. The summed E-state index contributed by atoms with van der Waals surface area (Å²) in [6, 6.07) is 8.71. The number of aliphatic hydroxyl groups is 1. The molecule has 2 N–H and O–H groups in total. The number of hydrogen-bond donors (Lipinski definition) is 2. The van der Waals surface area contributed by atoms with Crippen LogP contribution >= 0.6 is 0 Å². The molecule has 4 heteroatoms. The maximum absolute atomic E-state index is 10.3. The quantitative estimate of drug-likeness (QED) is 0.268. The van der Waals surface area contributed by atoms with Crippen molar-refractivity contribution in [3.8, 4) is 5.75 Å². The van der Waals surface area contributed by atoms with Crippen LogP contribution in [0, 0.1) is 0 Å². The zero-order valence-corrected chi connectivity index (χ0v) is 20.0. The Kier molecular flexibility index (Phi) is 20.4. The van der Waals surface area contributed by atoms with E-state index in [9.17, 15) is 5.11 Å². The minimum Gasteiger partial charge on any atom is -0.508 e. The molecule has 0 fully saturated rings. The Bertz CT molecular complexity index is 448. The Morgan fingerprint density at radius 3 is 1.53 bits per heavy atom. The number of rotatable bonds is 17. The van der Waals surface area contributed by atoms with E-state index in [1.807, 2.05) is 13.0 Å². The Labute approximate surface area is 186 Å². The van der Waals surface area contributed by atoms with Crippen molar-refractivity contribution < 1.29 is 19.7 Å². The summed E-state index contributed by atoms with van der Waals surface area (Å²) in [6.07, 6.45) is 15.8. The van der Waals surface area contributed by atoms with E-state index >= 15 is 0 Å². The zero-order valence-electron chi connectivity index (χ0n) is 20.0. The fraction of sp³-hybridized carbons (Fsp3) is 0.769. The molecular weight excluding hydrogens is 376 g/mol. The Morgan fingerprint density at radius 1 is 0.700 bits per heavy atom. The van der Waals surface area contributed by atoms with E-state index in [0.29, 0.717) is 5.75 Å². The normalized spacial score (nSPS) is 13.9. The van der Waals surface area contributed by atoms with Gasteiger partial charge in [-0.05, 0) is 25.0 Å². The number of ether oxygens (including phenoxy) is 2. The number of phenolic OH excluding ortho intramolecular Hbond substituents is 1. The minimum absolute atomic E-state index is 0.0986. The van der Waals surface area contributed by atoms with Crippen LogP contribution in [0.1, 0.15) is 97.3 Å². The number of aromatic hydroxyl groups is 1. The summed E-state index contributed by atoms with van der Waals surface area (Å²) in [7, 11) is 3.35. The second-order valence-corrected chi connectivity index (χ2v) is 8.11. The van der Waals surface area contributed by atoms with Crippen LogP contribution in [0.2, 0.25) is 0 Å². The van der Waals surface area contributed by atoms with Gasteiger partial charge in [-0.2, -0.15) is 0 Å². The molecule has 1 aromatic carbocycles. The lowest BCUT2D eigenvalue weighted by atomic mass is 9.99. The predicted octanol–water partition coefficient (Wildman–Crippen LogP) is 6.88. The van der Waals surface area contributed by atoms with Crippen LogP contribution in [0.4, 0.5) is 0 Å². The lowest BCUT2D eigenvalue weighted by Gasteiger charge is -2.27. The molecule has 176 valence electrons. The van der Waals surface area contributed by atoms with Crippen molar-refractivity contribution in [2.75, 3.05) is 14.2 Å². The van der Waals surface area contributed by atoms with Crippen molar-refractivity contribution >= 4 is 0 Å². The van der Waals surface area contributed by atoms with Crippen molar-refractivity contribution in [3.05, 3.63) is 30.3 Å². The Hall–Kier alpha value is -1.10. The molecule has 30 heavy (non-hydrogen) atoms. The van der Waals surface area contributed by atoms with Gasteiger partial charge in [-0.3, -0.25) is 0 Å². The van der Waals surface area contributed by atoms with Crippen LogP contribution in [-0.2, 0) is 9.47 Å². The highest BCUT2D eigenvalue weighted by Gasteiger charge is 2.26. The van der Waals surface area contributed by atoms with Gasteiger partial charge in [-0.15, -0.1) is 0 Å². The number of aliphatic hydroxyl groups excluding tert-OH is 1. The molecule has 0 aliphatic heterocycles. The number of para-hydroxylation sites is 1. The summed E-state index contributed by atoms with van der Waals surface area (Å²) < 4.78 is 10.8. The van der Waals surface area contributed by atoms with Crippen LogP contribution < -0.4 is 0 Å². The standard InChI is InChI=1S/C20H42O3.C6H6O/c1-5-7-8-9-10-11-12-13-14-15-16-17-19(23-4)20(21)18(6-2)22-3;7-6-4-2-1-3-5-6/h18-21H,5-17H2,1-4H3;1-5,7H. The fourth-order valence-electron chi connectivity index (χ4n) is 3.65. The van der Waals surface area contributed by atoms with Crippen molar-refractivity contribution in [3.63, 3.8) is 0 Å². The molecule has 0 saturated carbocycles. The molecule has 0 saturated heterocycles. The molecule has 0 heterocycles. The summed E-state index contributed by atoms with van der Waals surface area (Å²) in [5.74, 6) is 0.322. The van der Waals surface area contributed by atoms with Crippen molar-refractivity contribution in [2.24, 2.45) is 0 Å². The maximum Gasteiger partial charge on any atom is 0.115 e. The van der Waals surface area contributed by atoms with Crippen molar-refractivity contribution in [1.82, 2.24) is 0 Å². The van der Waals surface area contributed by atoms with Gasteiger partial charge in [0.25, 0.3) is 0 Å². The number of phenols is 1. The van der Waals surface area contributed by atoms with Gasteiger partial charge in [0.05, 0.1) is 12.2 Å². The molecule has 1 aromatic rings. The van der Waals surface area contributed by atoms with Crippen molar-refractivity contribution in [2.45, 2.75) is 116 Å². The first kappa shape index (κ1) is 28.9. The maximum atomic E-state index is 10.3. The third-order valence-corrected chi connectivity index (χ3v) is 5.62. The van der Waals surface area contributed by atoms with Gasteiger partial charge in [0.15, 0.2) is 0 Å².